The Balaban J connectivity index is 1.04. The average molecular weight is 1410 g/mol. The van der Waals surface area contributed by atoms with Crippen molar-refractivity contribution in [2.75, 3.05) is 0 Å². The van der Waals surface area contributed by atoms with Crippen LogP contribution in [-0.4, -0.2) is 18.3 Å². The summed E-state index contributed by atoms with van der Waals surface area (Å²) in [7, 11) is 0. The Morgan fingerprint density at radius 3 is 0.640 bits per heavy atom. The van der Waals surface area contributed by atoms with Crippen molar-refractivity contribution in [2.45, 2.75) is 6.92 Å². The monoisotopic (exact) mass is 1410 g/mol. The molecule has 0 saturated heterocycles. The number of nitrogens with zero attached hydrogens (tertiary/aromatic N) is 6. The lowest BCUT2D eigenvalue weighted by atomic mass is 9.98. The van der Waals surface area contributed by atoms with Crippen LogP contribution in [0, 0.1) is 22.7 Å². The van der Waals surface area contributed by atoms with Crippen LogP contribution in [-0.2, 0) is 0 Å². The molecule has 0 radical (unpaired) electrons. The standard InChI is InChI=1S/C105H68N6/c1-3-26-68(27-4-2)76-42-50-94-84(58-76)85-59-77(69-28-12-5-13-29-69)43-51-95(85)108(94)102-92(66-106)104(110-98-54-46-80(72-34-18-8-19-35-72)62-88(98)89-63-81(47-55-99(89)110)73-36-20-9-21-37-73)105(111-100-56-48-82(74-38-22-10-23-39-74)64-90(100)91-65-83(49-57-101(91)111)75-40-24-11-25-41-75)93(67-107)103(102)109-96-52-44-78(70-30-14-6-15-31-70)60-86(96)87-61-79(45-53-97(87)109)71-32-16-7-17-33-71/h3-65H,1H2,2H3/b27-4-,68-26+. The van der Waals surface area contributed by atoms with Gasteiger partial charge in [0.2, 0.25) is 0 Å². The van der Waals surface area contributed by atoms with E-state index >= 15 is 0 Å². The summed E-state index contributed by atoms with van der Waals surface area (Å²) in [6, 6.07) is 134. The number of allylic oxidation sites excluding steroid dienone is 5. The molecule has 0 amide bonds. The molecular formula is C105H68N6. The highest BCUT2D eigenvalue weighted by atomic mass is 15.1. The van der Waals surface area contributed by atoms with Gasteiger partial charge >= 0.3 is 0 Å². The zero-order valence-corrected chi connectivity index (χ0v) is 60.8. The number of rotatable bonds is 14. The second-order valence-electron chi connectivity index (χ2n) is 28.5. The summed E-state index contributed by atoms with van der Waals surface area (Å²) in [4.78, 5) is 0. The lowest BCUT2D eigenvalue weighted by molar-refractivity contribution is 1.02. The minimum atomic E-state index is 0.349. The Kier molecular flexibility index (Phi) is 15.9. The van der Waals surface area contributed by atoms with Crippen LogP contribution in [0.25, 0.3) is 193 Å². The van der Waals surface area contributed by atoms with Gasteiger partial charge < -0.3 is 18.3 Å². The Labute approximate surface area is 642 Å². The van der Waals surface area contributed by atoms with E-state index in [9.17, 15) is 10.5 Å². The molecule has 518 valence electrons. The molecule has 0 aliphatic heterocycles. The second kappa shape index (κ2) is 27.1. The molecule has 111 heavy (non-hydrogen) atoms. The van der Waals surface area contributed by atoms with Gasteiger partial charge in [-0.15, -0.1) is 0 Å². The Morgan fingerprint density at radius 2 is 0.450 bits per heavy atom. The summed E-state index contributed by atoms with van der Waals surface area (Å²) in [5.74, 6) is 0. The fourth-order valence-electron chi connectivity index (χ4n) is 17.2. The third kappa shape index (κ3) is 10.8. The zero-order chi connectivity index (χ0) is 74.2. The summed E-state index contributed by atoms with van der Waals surface area (Å²) < 4.78 is 9.26. The molecule has 0 spiro atoms. The van der Waals surface area contributed by atoms with E-state index in [1.54, 1.807) is 0 Å². The molecule has 6 nitrogen and oxygen atoms in total. The fraction of sp³-hybridized carbons (Fsp3) is 0.00952. The van der Waals surface area contributed by atoms with Gasteiger partial charge in [0.1, 0.15) is 23.3 Å². The molecule has 0 aliphatic rings. The van der Waals surface area contributed by atoms with Crippen LogP contribution in [0.15, 0.2) is 389 Å². The van der Waals surface area contributed by atoms with Crippen LogP contribution in [0.3, 0.4) is 0 Å². The third-order valence-corrected chi connectivity index (χ3v) is 22.3. The highest BCUT2D eigenvalue weighted by Gasteiger charge is 2.36. The maximum Gasteiger partial charge on any atom is 0.104 e. The molecule has 0 bridgehead atoms. The van der Waals surface area contributed by atoms with E-state index < -0.39 is 0 Å². The molecule has 20 aromatic rings. The van der Waals surface area contributed by atoms with Crippen molar-refractivity contribution < 1.29 is 0 Å². The van der Waals surface area contributed by atoms with Gasteiger partial charge in [-0.2, -0.15) is 10.5 Å². The molecule has 16 aromatic carbocycles. The molecule has 0 unspecified atom stereocenters. The Bertz CT molecular complexity index is 7020. The van der Waals surface area contributed by atoms with Crippen molar-refractivity contribution >= 4 is 92.8 Å². The predicted molar refractivity (Wildman–Crippen MR) is 464 cm³/mol. The quantitative estimate of drug-likeness (QED) is 0.102. The summed E-state index contributed by atoms with van der Waals surface area (Å²) >= 11 is 0. The fourth-order valence-corrected chi connectivity index (χ4v) is 17.2. The summed E-state index contributed by atoms with van der Waals surface area (Å²) in [5.41, 5.74) is 26.5. The summed E-state index contributed by atoms with van der Waals surface area (Å²) in [6.45, 7) is 6.22. The molecule has 0 saturated carbocycles. The minimum Gasteiger partial charge on any atom is -0.306 e. The van der Waals surface area contributed by atoms with Crippen molar-refractivity contribution in [3.05, 3.63) is 405 Å². The lowest BCUT2D eigenvalue weighted by Crippen LogP contribution is -2.16. The van der Waals surface area contributed by atoms with E-state index in [1.165, 1.54) is 0 Å². The summed E-state index contributed by atoms with van der Waals surface area (Å²) in [5, 5.41) is 35.3. The molecule has 6 heteroatoms. The Morgan fingerprint density at radius 1 is 0.252 bits per heavy atom. The van der Waals surface area contributed by atoms with Gasteiger partial charge in [-0.05, 0) is 193 Å². The van der Waals surface area contributed by atoms with E-state index in [0.29, 0.717) is 33.9 Å². The Hall–Kier alpha value is -15.1. The molecule has 4 aromatic heterocycles. The van der Waals surface area contributed by atoms with Gasteiger partial charge in [0.25, 0.3) is 0 Å². The number of nitriles is 2. The van der Waals surface area contributed by atoms with Crippen molar-refractivity contribution in [3.63, 3.8) is 0 Å². The number of hydrogen-bond donors (Lipinski definition) is 0. The molecular weight excluding hydrogens is 1350 g/mol. The molecule has 4 heterocycles. The molecule has 0 aliphatic carbocycles. The van der Waals surface area contributed by atoms with Crippen LogP contribution in [0.1, 0.15) is 23.6 Å². The number of hydrogen-bond acceptors (Lipinski definition) is 2. The van der Waals surface area contributed by atoms with Gasteiger partial charge in [0.05, 0.1) is 66.9 Å². The molecule has 0 atom stereocenters. The first-order chi connectivity index (χ1) is 54.9. The highest BCUT2D eigenvalue weighted by Crippen LogP contribution is 2.51. The van der Waals surface area contributed by atoms with Gasteiger partial charge in [-0.1, -0.05) is 292 Å². The first kappa shape index (κ1) is 65.4. The third-order valence-electron chi connectivity index (χ3n) is 22.3. The van der Waals surface area contributed by atoms with E-state index in [4.69, 9.17) is 0 Å². The van der Waals surface area contributed by atoms with E-state index in [-0.39, 0.29) is 0 Å². The van der Waals surface area contributed by atoms with E-state index in [2.05, 4.69) is 413 Å². The van der Waals surface area contributed by atoms with Crippen molar-refractivity contribution in [2.24, 2.45) is 0 Å². The van der Waals surface area contributed by atoms with Crippen LogP contribution in [0.5, 0.6) is 0 Å². The maximum atomic E-state index is 13.7. The van der Waals surface area contributed by atoms with Gasteiger partial charge in [0.15, 0.2) is 0 Å². The zero-order valence-electron chi connectivity index (χ0n) is 60.8. The second-order valence-corrected chi connectivity index (χ2v) is 28.5. The smallest absolute Gasteiger partial charge is 0.104 e. The van der Waals surface area contributed by atoms with Crippen molar-refractivity contribution in [3.8, 4) is 113 Å². The largest absolute Gasteiger partial charge is 0.306 e. The highest BCUT2D eigenvalue weighted by molar-refractivity contribution is 6.18. The number of aromatic nitrogens is 4. The first-order valence-electron chi connectivity index (χ1n) is 37.6. The van der Waals surface area contributed by atoms with Crippen LogP contribution < -0.4 is 0 Å². The average Bonchev–Trinajstić information content (AvgIpc) is 1.55. The molecule has 0 N–H and O–H groups in total. The normalized spacial score (nSPS) is 11.9. The van der Waals surface area contributed by atoms with Gasteiger partial charge in [-0.3, -0.25) is 0 Å². The number of fused-ring (bicyclic) bond motifs is 12. The van der Waals surface area contributed by atoms with Crippen molar-refractivity contribution in [1.82, 2.24) is 18.3 Å². The van der Waals surface area contributed by atoms with Crippen LogP contribution in [0.4, 0.5) is 0 Å². The van der Waals surface area contributed by atoms with E-state index in [0.717, 1.165) is 176 Å². The SMILES string of the molecule is C=C/C=C(\C=C/C)c1ccc2c(c1)c1cc(-c3ccccc3)ccc1n2-c1c(C#N)c(-n2c3ccc(-c4ccccc4)cc3c3cc(-c4ccccc4)ccc32)c(-n2c3ccc(-c4ccccc4)cc3c3cc(-c4ccccc4)ccc32)c(C#N)c1-n1c2ccc(-c3ccccc3)cc2c2cc(-c3ccccc3)ccc21. The predicted octanol–water partition coefficient (Wildman–Crippen LogP) is 27.6. The van der Waals surface area contributed by atoms with Crippen molar-refractivity contribution in [1.29, 1.82) is 10.5 Å². The first-order valence-corrected chi connectivity index (χ1v) is 37.6. The van der Waals surface area contributed by atoms with Crippen LogP contribution in [0.2, 0.25) is 0 Å². The summed E-state index contributed by atoms with van der Waals surface area (Å²) in [6.07, 6.45) is 8.08. The minimum absolute atomic E-state index is 0.349. The van der Waals surface area contributed by atoms with Gasteiger partial charge in [-0.25, -0.2) is 0 Å². The maximum absolute atomic E-state index is 13.7. The molecule has 0 fully saturated rings. The van der Waals surface area contributed by atoms with Gasteiger partial charge in [0, 0.05) is 43.1 Å². The molecule has 20 rings (SSSR count). The number of benzene rings is 16. The topological polar surface area (TPSA) is 67.3 Å². The van der Waals surface area contributed by atoms with E-state index in [1.807, 2.05) is 13.0 Å². The van der Waals surface area contributed by atoms with Crippen LogP contribution >= 0.6 is 0 Å². The lowest BCUT2D eigenvalue weighted by Gasteiger charge is -2.27.